The number of ether oxygens (including phenoxy) is 1. The highest BCUT2D eigenvalue weighted by Crippen LogP contribution is 2.20. The van der Waals surface area contributed by atoms with Crippen LogP contribution in [0.25, 0.3) is 0 Å². The van der Waals surface area contributed by atoms with Gasteiger partial charge in [0.25, 0.3) is 0 Å². The molecule has 0 N–H and O–H groups in total. The second kappa shape index (κ2) is 5.13. The first-order valence-electron chi connectivity index (χ1n) is 5.59. The van der Waals surface area contributed by atoms with E-state index in [2.05, 4.69) is 23.9 Å². The molecular weight excluding hydrogens is 224 g/mol. The first-order valence-corrected chi connectivity index (χ1v) is 5.97. The lowest BCUT2D eigenvalue weighted by Crippen LogP contribution is -2.36. The Morgan fingerprint density at radius 1 is 1.56 bits per heavy atom. The zero-order valence-corrected chi connectivity index (χ0v) is 10.4. The van der Waals surface area contributed by atoms with E-state index in [0.29, 0.717) is 17.3 Å². The molecule has 88 valence electrons. The summed E-state index contributed by atoms with van der Waals surface area (Å²) in [5.41, 5.74) is 1.19. The third-order valence-electron chi connectivity index (χ3n) is 3.12. The van der Waals surface area contributed by atoms with Crippen molar-refractivity contribution in [1.82, 2.24) is 9.88 Å². The minimum atomic E-state index is 0.324. The van der Waals surface area contributed by atoms with Crippen LogP contribution in [-0.4, -0.2) is 35.7 Å². The van der Waals surface area contributed by atoms with Gasteiger partial charge in [0, 0.05) is 25.4 Å². The highest BCUT2D eigenvalue weighted by molar-refractivity contribution is 6.29. The van der Waals surface area contributed by atoms with Gasteiger partial charge in [-0.2, -0.15) is 0 Å². The highest BCUT2D eigenvalue weighted by atomic mass is 35.5. The molecule has 1 aliphatic rings. The quantitative estimate of drug-likeness (QED) is 0.759. The summed E-state index contributed by atoms with van der Waals surface area (Å²) in [7, 11) is 2.13. The van der Waals surface area contributed by atoms with Gasteiger partial charge < -0.3 is 4.74 Å². The van der Waals surface area contributed by atoms with Crippen LogP contribution < -0.4 is 0 Å². The van der Waals surface area contributed by atoms with E-state index in [9.17, 15) is 0 Å². The van der Waals surface area contributed by atoms with Crippen molar-refractivity contribution in [1.29, 1.82) is 0 Å². The maximum absolute atomic E-state index is 5.75. The fourth-order valence-electron chi connectivity index (χ4n) is 2.20. The number of rotatable bonds is 3. The summed E-state index contributed by atoms with van der Waals surface area (Å²) in [6, 6.07) is 4.36. The van der Waals surface area contributed by atoms with Gasteiger partial charge in [-0.05, 0) is 32.0 Å². The molecule has 0 amide bonds. The van der Waals surface area contributed by atoms with E-state index >= 15 is 0 Å². The number of halogens is 1. The summed E-state index contributed by atoms with van der Waals surface area (Å²) in [5, 5.41) is 0.545. The molecule has 1 aliphatic heterocycles. The minimum absolute atomic E-state index is 0.324. The van der Waals surface area contributed by atoms with Crippen molar-refractivity contribution in [3.05, 3.63) is 29.0 Å². The molecule has 0 aliphatic carbocycles. The smallest absolute Gasteiger partial charge is 0.129 e. The van der Waals surface area contributed by atoms with Crippen molar-refractivity contribution in [2.24, 2.45) is 0 Å². The third-order valence-corrected chi connectivity index (χ3v) is 3.35. The van der Waals surface area contributed by atoms with E-state index in [0.717, 1.165) is 19.6 Å². The van der Waals surface area contributed by atoms with Crippen LogP contribution in [0.3, 0.4) is 0 Å². The predicted molar refractivity (Wildman–Crippen MR) is 64.5 cm³/mol. The van der Waals surface area contributed by atoms with Crippen LogP contribution >= 0.6 is 11.6 Å². The Hall–Kier alpha value is -0.640. The predicted octanol–water partition coefficient (Wildman–Crippen LogP) is 2.34. The summed E-state index contributed by atoms with van der Waals surface area (Å²) in [6.45, 7) is 3.89. The van der Waals surface area contributed by atoms with Gasteiger partial charge in [0.05, 0.1) is 6.10 Å². The fourth-order valence-corrected chi connectivity index (χ4v) is 2.32. The van der Waals surface area contributed by atoms with Gasteiger partial charge in [0.2, 0.25) is 0 Å². The Morgan fingerprint density at radius 2 is 2.38 bits per heavy atom. The van der Waals surface area contributed by atoms with Crippen molar-refractivity contribution in [2.45, 2.75) is 32.0 Å². The van der Waals surface area contributed by atoms with E-state index in [4.69, 9.17) is 16.3 Å². The first kappa shape index (κ1) is 11.8. The Labute approximate surface area is 101 Å². The standard InChI is InChI=1S/C12H17ClN2O/c1-9-11(5-6-16-9)15(2)8-10-3-4-12(13)14-7-10/h3-4,7,9,11H,5-6,8H2,1-2H3. The number of hydrogen-bond donors (Lipinski definition) is 0. The van der Waals surface area contributed by atoms with Gasteiger partial charge in [-0.15, -0.1) is 0 Å². The molecule has 0 aromatic carbocycles. The Morgan fingerprint density at radius 3 is 2.94 bits per heavy atom. The summed E-state index contributed by atoms with van der Waals surface area (Å²) < 4.78 is 5.56. The summed E-state index contributed by atoms with van der Waals surface area (Å²) in [4.78, 5) is 6.41. The molecule has 0 radical (unpaired) electrons. The van der Waals surface area contributed by atoms with Crippen LogP contribution in [0.5, 0.6) is 0 Å². The molecule has 1 aromatic heterocycles. The fraction of sp³-hybridized carbons (Fsp3) is 0.583. The van der Waals surface area contributed by atoms with Crippen molar-refractivity contribution < 1.29 is 4.74 Å². The summed E-state index contributed by atoms with van der Waals surface area (Å²) in [6.07, 6.45) is 3.27. The maximum atomic E-state index is 5.75. The van der Waals surface area contributed by atoms with E-state index < -0.39 is 0 Å². The van der Waals surface area contributed by atoms with Gasteiger partial charge in [-0.1, -0.05) is 17.7 Å². The zero-order valence-electron chi connectivity index (χ0n) is 9.69. The molecule has 3 nitrogen and oxygen atoms in total. The molecule has 1 fully saturated rings. The monoisotopic (exact) mass is 240 g/mol. The van der Waals surface area contributed by atoms with Crippen molar-refractivity contribution in [2.75, 3.05) is 13.7 Å². The molecule has 2 unspecified atom stereocenters. The van der Waals surface area contributed by atoms with Gasteiger partial charge in [-0.3, -0.25) is 4.90 Å². The molecule has 1 aromatic rings. The lowest BCUT2D eigenvalue weighted by atomic mass is 10.1. The second-order valence-corrected chi connectivity index (χ2v) is 4.72. The molecule has 0 spiro atoms. The molecule has 16 heavy (non-hydrogen) atoms. The average molecular weight is 241 g/mol. The van der Waals surface area contributed by atoms with Gasteiger partial charge in [0.1, 0.15) is 5.15 Å². The Balaban J connectivity index is 1.96. The summed E-state index contributed by atoms with van der Waals surface area (Å²) >= 11 is 5.75. The SMILES string of the molecule is CC1OCCC1N(C)Cc1ccc(Cl)nc1. The van der Waals surface area contributed by atoms with E-state index in [1.54, 1.807) is 0 Å². The number of hydrogen-bond acceptors (Lipinski definition) is 3. The molecular formula is C12H17ClN2O. The first-order chi connectivity index (χ1) is 7.66. The Bertz CT molecular complexity index is 341. The molecule has 4 heteroatoms. The average Bonchev–Trinajstić information content (AvgIpc) is 2.68. The lowest BCUT2D eigenvalue weighted by Gasteiger charge is -2.26. The zero-order chi connectivity index (χ0) is 11.5. The molecule has 2 heterocycles. The van der Waals surface area contributed by atoms with E-state index in [1.165, 1.54) is 5.56 Å². The molecule has 2 atom stereocenters. The highest BCUT2D eigenvalue weighted by Gasteiger charge is 2.27. The van der Waals surface area contributed by atoms with Crippen LogP contribution in [0.4, 0.5) is 0 Å². The number of nitrogens with zero attached hydrogens (tertiary/aromatic N) is 2. The van der Waals surface area contributed by atoms with Gasteiger partial charge in [-0.25, -0.2) is 4.98 Å². The topological polar surface area (TPSA) is 25.4 Å². The normalized spacial score (nSPS) is 25.2. The molecule has 2 rings (SSSR count). The maximum Gasteiger partial charge on any atom is 0.129 e. The number of pyridine rings is 1. The van der Waals surface area contributed by atoms with Gasteiger partial charge >= 0.3 is 0 Å². The minimum Gasteiger partial charge on any atom is -0.377 e. The van der Waals surface area contributed by atoms with E-state index in [-0.39, 0.29) is 0 Å². The summed E-state index contributed by atoms with van der Waals surface area (Å²) in [5.74, 6) is 0. The van der Waals surface area contributed by atoms with Gasteiger partial charge in [0.15, 0.2) is 0 Å². The van der Waals surface area contributed by atoms with Crippen LogP contribution in [0, 0.1) is 0 Å². The second-order valence-electron chi connectivity index (χ2n) is 4.34. The van der Waals surface area contributed by atoms with E-state index in [1.807, 2.05) is 18.3 Å². The van der Waals surface area contributed by atoms with Crippen LogP contribution in [0.15, 0.2) is 18.3 Å². The number of likely N-dealkylation sites (N-methyl/N-ethyl adjacent to an activating group) is 1. The van der Waals surface area contributed by atoms with Crippen LogP contribution in [-0.2, 0) is 11.3 Å². The van der Waals surface area contributed by atoms with Crippen molar-refractivity contribution in [3.63, 3.8) is 0 Å². The molecule has 0 bridgehead atoms. The lowest BCUT2D eigenvalue weighted by molar-refractivity contribution is 0.0814. The van der Waals surface area contributed by atoms with Crippen LogP contribution in [0.1, 0.15) is 18.9 Å². The largest absolute Gasteiger partial charge is 0.377 e. The van der Waals surface area contributed by atoms with Crippen molar-refractivity contribution in [3.8, 4) is 0 Å². The third kappa shape index (κ3) is 2.73. The van der Waals surface area contributed by atoms with Crippen molar-refractivity contribution >= 4 is 11.6 Å². The van der Waals surface area contributed by atoms with Crippen LogP contribution in [0.2, 0.25) is 5.15 Å². The molecule has 0 saturated carbocycles. The number of aromatic nitrogens is 1. The molecule has 1 saturated heterocycles. The Kier molecular flexibility index (Phi) is 3.79.